The van der Waals surface area contributed by atoms with Crippen molar-refractivity contribution in [2.24, 2.45) is 5.73 Å². The molecule has 0 unspecified atom stereocenters. The topological polar surface area (TPSA) is 77.0 Å². The summed E-state index contributed by atoms with van der Waals surface area (Å²) in [4.78, 5) is 13.9. The largest absolute Gasteiger partial charge is 0.335 e. The minimum Gasteiger partial charge on any atom is -0.335 e. The normalized spacial score (nSPS) is 10.4. The smallest absolute Gasteiger partial charge is 0.244 e. The summed E-state index contributed by atoms with van der Waals surface area (Å²) in [6, 6.07) is 9.85. The zero-order chi connectivity index (χ0) is 13.5. The van der Waals surface area contributed by atoms with Crippen molar-refractivity contribution in [1.82, 2.24) is 19.9 Å². The molecule has 0 aliphatic carbocycles. The summed E-state index contributed by atoms with van der Waals surface area (Å²) in [5, 5.41) is 7.48. The van der Waals surface area contributed by atoms with E-state index in [4.69, 9.17) is 5.73 Å². The summed E-state index contributed by atoms with van der Waals surface area (Å²) in [6.07, 6.45) is 3.22. The molecule has 0 aliphatic rings. The van der Waals surface area contributed by atoms with Gasteiger partial charge in [0.25, 0.3) is 0 Å². The molecule has 0 spiro atoms. The maximum Gasteiger partial charge on any atom is 0.244 e. The fourth-order valence-corrected chi connectivity index (χ4v) is 1.81. The Morgan fingerprint density at radius 2 is 2.11 bits per heavy atom. The maximum absolute atomic E-state index is 12.2. The van der Waals surface area contributed by atoms with Gasteiger partial charge in [0.15, 0.2) is 0 Å². The van der Waals surface area contributed by atoms with Crippen LogP contribution in [-0.4, -0.2) is 38.9 Å². The van der Waals surface area contributed by atoms with Gasteiger partial charge in [-0.2, -0.15) is 0 Å². The van der Waals surface area contributed by atoms with Crippen LogP contribution in [0.25, 0.3) is 0 Å². The third kappa shape index (κ3) is 3.89. The van der Waals surface area contributed by atoms with Gasteiger partial charge in [0.05, 0.1) is 6.20 Å². The molecule has 6 nitrogen and oxygen atoms in total. The number of carbonyl (C=O) groups is 1. The monoisotopic (exact) mass is 259 g/mol. The third-order valence-electron chi connectivity index (χ3n) is 2.74. The van der Waals surface area contributed by atoms with Crippen LogP contribution in [0, 0.1) is 0 Å². The lowest BCUT2D eigenvalue weighted by molar-refractivity contribution is -0.132. The summed E-state index contributed by atoms with van der Waals surface area (Å²) in [7, 11) is 0. The van der Waals surface area contributed by atoms with E-state index in [1.807, 2.05) is 30.3 Å². The highest BCUT2D eigenvalue weighted by Crippen LogP contribution is 2.05. The summed E-state index contributed by atoms with van der Waals surface area (Å²) in [6.45, 7) is 1.72. The van der Waals surface area contributed by atoms with Gasteiger partial charge < -0.3 is 10.6 Å². The lowest BCUT2D eigenvalue weighted by Gasteiger charge is -2.22. The zero-order valence-corrected chi connectivity index (χ0v) is 10.6. The van der Waals surface area contributed by atoms with Gasteiger partial charge in [-0.3, -0.25) is 4.79 Å². The quantitative estimate of drug-likeness (QED) is 0.807. The fourth-order valence-electron chi connectivity index (χ4n) is 1.81. The van der Waals surface area contributed by atoms with Crippen LogP contribution in [0.1, 0.15) is 5.56 Å². The maximum atomic E-state index is 12.2. The second-order valence-corrected chi connectivity index (χ2v) is 4.19. The molecule has 0 saturated carbocycles. The number of amides is 1. The minimum absolute atomic E-state index is 0.0141. The number of hydrogen-bond donors (Lipinski definition) is 1. The second kappa shape index (κ2) is 6.65. The first kappa shape index (κ1) is 13.2. The lowest BCUT2D eigenvalue weighted by atomic mass is 10.2. The molecule has 0 fully saturated rings. The van der Waals surface area contributed by atoms with E-state index >= 15 is 0 Å². The lowest BCUT2D eigenvalue weighted by Crippen LogP contribution is -2.37. The Morgan fingerprint density at radius 3 is 2.74 bits per heavy atom. The molecule has 100 valence electrons. The van der Waals surface area contributed by atoms with Crippen molar-refractivity contribution in [2.45, 2.75) is 13.1 Å². The molecule has 2 aromatic rings. The highest BCUT2D eigenvalue weighted by atomic mass is 16.2. The Hall–Kier alpha value is -2.21. The van der Waals surface area contributed by atoms with Crippen molar-refractivity contribution in [3.8, 4) is 0 Å². The standard InChI is InChI=1S/C13H17N5O/c14-6-8-17(10-12-4-2-1-3-5-12)13(19)11-18-9-7-15-16-18/h1-5,7,9H,6,8,10-11,14H2. The average molecular weight is 259 g/mol. The molecule has 2 rings (SSSR count). The van der Waals surface area contributed by atoms with Crippen LogP contribution in [0.5, 0.6) is 0 Å². The van der Waals surface area contributed by atoms with Crippen LogP contribution in [0.15, 0.2) is 42.7 Å². The van der Waals surface area contributed by atoms with Crippen LogP contribution in [0.4, 0.5) is 0 Å². The molecule has 2 N–H and O–H groups in total. The van der Waals surface area contributed by atoms with Crippen molar-refractivity contribution < 1.29 is 4.79 Å². The van der Waals surface area contributed by atoms with Crippen molar-refractivity contribution in [1.29, 1.82) is 0 Å². The summed E-state index contributed by atoms with van der Waals surface area (Å²) < 4.78 is 1.51. The molecule has 0 radical (unpaired) electrons. The second-order valence-electron chi connectivity index (χ2n) is 4.19. The van der Waals surface area contributed by atoms with Gasteiger partial charge in [0.1, 0.15) is 6.54 Å². The minimum atomic E-state index is -0.0141. The van der Waals surface area contributed by atoms with E-state index < -0.39 is 0 Å². The Bertz CT molecular complexity index is 497. The molecule has 1 heterocycles. The zero-order valence-electron chi connectivity index (χ0n) is 10.6. The molecule has 0 bridgehead atoms. The first-order valence-corrected chi connectivity index (χ1v) is 6.15. The molecular formula is C13H17N5O. The van der Waals surface area contributed by atoms with E-state index in [0.717, 1.165) is 5.56 Å². The average Bonchev–Trinajstić information content (AvgIpc) is 2.92. The van der Waals surface area contributed by atoms with Gasteiger partial charge in [-0.1, -0.05) is 35.5 Å². The van der Waals surface area contributed by atoms with Crippen molar-refractivity contribution >= 4 is 5.91 Å². The van der Waals surface area contributed by atoms with Gasteiger partial charge in [-0.05, 0) is 5.56 Å². The van der Waals surface area contributed by atoms with Gasteiger partial charge in [-0.25, -0.2) is 4.68 Å². The Kier molecular flexibility index (Phi) is 4.63. The van der Waals surface area contributed by atoms with Crippen molar-refractivity contribution in [2.75, 3.05) is 13.1 Å². The van der Waals surface area contributed by atoms with Crippen LogP contribution in [0.3, 0.4) is 0 Å². The number of hydrogen-bond acceptors (Lipinski definition) is 4. The van der Waals surface area contributed by atoms with Crippen molar-refractivity contribution in [3.05, 3.63) is 48.3 Å². The molecule has 0 saturated heterocycles. The number of aromatic nitrogens is 3. The molecule has 0 atom stereocenters. The van der Waals surface area contributed by atoms with E-state index in [0.29, 0.717) is 19.6 Å². The summed E-state index contributed by atoms with van der Waals surface area (Å²) >= 11 is 0. The van der Waals surface area contributed by atoms with Crippen LogP contribution in [-0.2, 0) is 17.9 Å². The van der Waals surface area contributed by atoms with Crippen LogP contribution < -0.4 is 5.73 Å². The highest BCUT2D eigenvalue weighted by Gasteiger charge is 2.14. The summed E-state index contributed by atoms with van der Waals surface area (Å²) in [5.74, 6) is -0.0141. The van der Waals surface area contributed by atoms with Crippen molar-refractivity contribution in [3.63, 3.8) is 0 Å². The van der Waals surface area contributed by atoms with E-state index in [2.05, 4.69) is 10.3 Å². The molecule has 6 heteroatoms. The number of nitrogens with zero attached hydrogens (tertiary/aromatic N) is 4. The first-order valence-electron chi connectivity index (χ1n) is 6.15. The highest BCUT2D eigenvalue weighted by molar-refractivity contribution is 5.75. The molecule has 1 aromatic carbocycles. The van der Waals surface area contributed by atoms with E-state index in [9.17, 15) is 4.79 Å². The predicted molar refractivity (Wildman–Crippen MR) is 70.9 cm³/mol. The van der Waals surface area contributed by atoms with Gasteiger partial charge in [0, 0.05) is 25.8 Å². The molecule has 0 aliphatic heterocycles. The van der Waals surface area contributed by atoms with Crippen LogP contribution in [0.2, 0.25) is 0 Å². The van der Waals surface area contributed by atoms with E-state index in [1.54, 1.807) is 17.3 Å². The number of carbonyl (C=O) groups excluding carboxylic acids is 1. The number of benzene rings is 1. The Morgan fingerprint density at radius 1 is 1.32 bits per heavy atom. The Labute approximate surface area is 111 Å². The third-order valence-corrected chi connectivity index (χ3v) is 2.74. The Balaban J connectivity index is 2.00. The molecule has 19 heavy (non-hydrogen) atoms. The van der Waals surface area contributed by atoms with Gasteiger partial charge >= 0.3 is 0 Å². The SMILES string of the molecule is NCCN(Cc1ccccc1)C(=O)Cn1ccnn1. The van der Waals surface area contributed by atoms with E-state index in [1.165, 1.54) is 4.68 Å². The number of rotatable bonds is 6. The van der Waals surface area contributed by atoms with E-state index in [-0.39, 0.29) is 12.5 Å². The van der Waals surface area contributed by atoms with Gasteiger partial charge in [-0.15, -0.1) is 5.10 Å². The predicted octanol–water partition coefficient (Wildman–Crippen LogP) is 0.266. The van der Waals surface area contributed by atoms with Gasteiger partial charge in [0.2, 0.25) is 5.91 Å². The first-order chi connectivity index (χ1) is 9.29. The molecular weight excluding hydrogens is 242 g/mol. The number of nitrogens with two attached hydrogens (primary N) is 1. The molecule has 1 amide bonds. The van der Waals surface area contributed by atoms with Crippen LogP contribution >= 0.6 is 0 Å². The molecule has 1 aromatic heterocycles. The summed E-state index contributed by atoms with van der Waals surface area (Å²) in [5.41, 5.74) is 6.65. The fraction of sp³-hybridized carbons (Fsp3) is 0.308.